The van der Waals surface area contributed by atoms with Crippen molar-refractivity contribution in [1.82, 2.24) is 0 Å². The molecule has 2 N–H and O–H groups in total. The van der Waals surface area contributed by atoms with Crippen LogP contribution in [-0.4, -0.2) is 18.2 Å². The summed E-state index contributed by atoms with van der Waals surface area (Å²) in [7, 11) is 0. The molecule has 0 aliphatic heterocycles. The van der Waals surface area contributed by atoms with Crippen LogP contribution < -0.4 is 5.73 Å². The zero-order valence-electron chi connectivity index (χ0n) is 8.18. The average molecular weight is 159 g/mol. The first-order valence-electron chi connectivity index (χ1n) is 4.32. The zero-order valence-corrected chi connectivity index (χ0v) is 8.18. The molecule has 0 atom stereocenters. The number of rotatable bonds is 5. The van der Waals surface area contributed by atoms with Crippen LogP contribution in [0.5, 0.6) is 0 Å². The molecular weight excluding hydrogens is 138 g/mol. The minimum atomic E-state index is -0.0413. The van der Waals surface area contributed by atoms with Crippen molar-refractivity contribution in [1.29, 1.82) is 0 Å². The van der Waals surface area contributed by atoms with Gasteiger partial charge >= 0.3 is 0 Å². The van der Waals surface area contributed by atoms with E-state index in [0.717, 1.165) is 19.4 Å². The third-order valence-corrected chi connectivity index (χ3v) is 1.42. The molecular formula is C9H21NO. The third kappa shape index (κ3) is 9.92. The molecule has 0 unspecified atom stereocenters. The number of hydrogen-bond donors (Lipinski definition) is 1. The molecule has 0 rings (SSSR count). The SMILES string of the molecule is CC(C)OCCCC(C)(C)N. The van der Waals surface area contributed by atoms with E-state index in [-0.39, 0.29) is 5.54 Å². The molecule has 0 spiro atoms. The molecule has 11 heavy (non-hydrogen) atoms. The molecule has 0 fully saturated rings. The van der Waals surface area contributed by atoms with Crippen LogP contribution in [0, 0.1) is 0 Å². The average Bonchev–Trinajstić information content (AvgIpc) is 1.78. The van der Waals surface area contributed by atoms with Gasteiger partial charge in [-0.25, -0.2) is 0 Å². The van der Waals surface area contributed by atoms with Crippen LogP contribution in [0.3, 0.4) is 0 Å². The van der Waals surface area contributed by atoms with Crippen LogP contribution in [0.2, 0.25) is 0 Å². The van der Waals surface area contributed by atoms with Crippen LogP contribution in [0.4, 0.5) is 0 Å². The normalized spacial score (nSPS) is 12.5. The van der Waals surface area contributed by atoms with Crippen molar-refractivity contribution < 1.29 is 4.74 Å². The van der Waals surface area contributed by atoms with Crippen LogP contribution in [-0.2, 0) is 4.74 Å². The summed E-state index contributed by atoms with van der Waals surface area (Å²) < 4.78 is 5.38. The van der Waals surface area contributed by atoms with Gasteiger partial charge in [0.1, 0.15) is 0 Å². The summed E-state index contributed by atoms with van der Waals surface area (Å²) >= 11 is 0. The molecule has 0 aliphatic rings. The van der Waals surface area contributed by atoms with Gasteiger partial charge in [0.2, 0.25) is 0 Å². The monoisotopic (exact) mass is 159 g/mol. The minimum absolute atomic E-state index is 0.0413. The predicted octanol–water partition coefficient (Wildman–Crippen LogP) is 1.93. The Labute approximate surface area is 70.1 Å². The Morgan fingerprint density at radius 2 is 1.91 bits per heavy atom. The van der Waals surface area contributed by atoms with Crippen LogP contribution in [0.25, 0.3) is 0 Å². The van der Waals surface area contributed by atoms with Gasteiger partial charge < -0.3 is 10.5 Å². The first-order chi connectivity index (χ1) is 4.92. The quantitative estimate of drug-likeness (QED) is 0.622. The molecule has 0 aromatic heterocycles. The molecule has 0 radical (unpaired) electrons. The molecule has 0 saturated heterocycles. The number of nitrogens with two attached hydrogens (primary N) is 1. The summed E-state index contributed by atoms with van der Waals surface area (Å²) in [6.45, 7) is 9.02. The Balaban J connectivity index is 3.15. The lowest BCUT2D eigenvalue weighted by atomic mass is 10.0. The maximum atomic E-state index is 5.80. The fraction of sp³-hybridized carbons (Fsp3) is 1.00. The summed E-state index contributed by atoms with van der Waals surface area (Å²) in [5.74, 6) is 0. The van der Waals surface area contributed by atoms with Gasteiger partial charge in [-0.2, -0.15) is 0 Å². The fourth-order valence-corrected chi connectivity index (χ4v) is 0.847. The zero-order chi connectivity index (χ0) is 8.91. The highest BCUT2D eigenvalue weighted by molar-refractivity contribution is 4.70. The Hall–Kier alpha value is -0.0800. The molecule has 2 nitrogen and oxygen atoms in total. The Bertz CT molecular complexity index is 94.2. The lowest BCUT2D eigenvalue weighted by Gasteiger charge is -2.18. The van der Waals surface area contributed by atoms with E-state index < -0.39 is 0 Å². The van der Waals surface area contributed by atoms with Crippen LogP contribution in [0.1, 0.15) is 40.5 Å². The fourth-order valence-electron chi connectivity index (χ4n) is 0.847. The van der Waals surface area contributed by atoms with Gasteiger partial charge in [0.15, 0.2) is 0 Å². The van der Waals surface area contributed by atoms with E-state index in [9.17, 15) is 0 Å². The summed E-state index contributed by atoms with van der Waals surface area (Å²) in [5.41, 5.74) is 5.76. The highest BCUT2D eigenvalue weighted by Crippen LogP contribution is 2.07. The second-order valence-corrected chi connectivity index (χ2v) is 4.01. The molecule has 68 valence electrons. The van der Waals surface area contributed by atoms with E-state index in [4.69, 9.17) is 10.5 Å². The first-order valence-corrected chi connectivity index (χ1v) is 4.32. The third-order valence-electron chi connectivity index (χ3n) is 1.42. The number of hydrogen-bond acceptors (Lipinski definition) is 2. The highest BCUT2D eigenvalue weighted by atomic mass is 16.5. The Kier molecular flexibility index (Phi) is 4.69. The second-order valence-electron chi connectivity index (χ2n) is 4.01. The van der Waals surface area contributed by atoms with Crippen molar-refractivity contribution in [3.05, 3.63) is 0 Å². The van der Waals surface area contributed by atoms with Crippen molar-refractivity contribution in [2.75, 3.05) is 6.61 Å². The first kappa shape index (κ1) is 10.9. The van der Waals surface area contributed by atoms with Crippen molar-refractivity contribution >= 4 is 0 Å². The standard InChI is InChI=1S/C9H21NO/c1-8(2)11-7-5-6-9(3,4)10/h8H,5-7,10H2,1-4H3. The molecule has 0 bridgehead atoms. The number of ether oxygens (including phenoxy) is 1. The summed E-state index contributed by atoms with van der Waals surface area (Å²) in [6, 6.07) is 0. The topological polar surface area (TPSA) is 35.2 Å². The molecule has 2 heteroatoms. The van der Waals surface area contributed by atoms with Crippen molar-refractivity contribution in [2.24, 2.45) is 5.73 Å². The lowest BCUT2D eigenvalue weighted by molar-refractivity contribution is 0.0734. The van der Waals surface area contributed by atoms with Gasteiger partial charge in [-0.05, 0) is 40.5 Å². The minimum Gasteiger partial charge on any atom is -0.379 e. The Morgan fingerprint density at radius 3 is 2.27 bits per heavy atom. The Morgan fingerprint density at radius 1 is 1.36 bits per heavy atom. The molecule has 0 saturated carbocycles. The van der Waals surface area contributed by atoms with E-state index in [1.165, 1.54) is 0 Å². The second kappa shape index (κ2) is 4.73. The van der Waals surface area contributed by atoms with Gasteiger partial charge in [-0.1, -0.05) is 0 Å². The van der Waals surface area contributed by atoms with Gasteiger partial charge in [0.05, 0.1) is 6.10 Å². The summed E-state index contributed by atoms with van der Waals surface area (Å²) in [4.78, 5) is 0. The van der Waals surface area contributed by atoms with E-state index >= 15 is 0 Å². The van der Waals surface area contributed by atoms with Gasteiger partial charge in [0, 0.05) is 12.1 Å². The molecule has 0 aromatic rings. The molecule has 0 heterocycles. The van der Waals surface area contributed by atoms with E-state index in [1.807, 2.05) is 27.7 Å². The van der Waals surface area contributed by atoms with E-state index in [0.29, 0.717) is 6.10 Å². The summed E-state index contributed by atoms with van der Waals surface area (Å²) in [6.07, 6.45) is 2.43. The van der Waals surface area contributed by atoms with Gasteiger partial charge in [-0.3, -0.25) is 0 Å². The van der Waals surface area contributed by atoms with Gasteiger partial charge in [-0.15, -0.1) is 0 Å². The largest absolute Gasteiger partial charge is 0.379 e. The van der Waals surface area contributed by atoms with Crippen molar-refractivity contribution in [2.45, 2.75) is 52.2 Å². The van der Waals surface area contributed by atoms with Crippen LogP contribution in [0.15, 0.2) is 0 Å². The lowest BCUT2D eigenvalue weighted by Crippen LogP contribution is -2.32. The van der Waals surface area contributed by atoms with Crippen molar-refractivity contribution in [3.63, 3.8) is 0 Å². The highest BCUT2D eigenvalue weighted by Gasteiger charge is 2.09. The van der Waals surface area contributed by atoms with Gasteiger partial charge in [0.25, 0.3) is 0 Å². The molecule has 0 amide bonds. The smallest absolute Gasteiger partial charge is 0.0518 e. The maximum Gasteiger partial charge on any atom is 0.0518 e. The van der Waals surface area contributed by atoms with Crippen molar-refractivity contribution in [3.8, 4) is 0 Å². The molecule has 0 aliphatic carbocycles. The van der Waals surface area contributed by atoms with E-state index in [1.54, 1.807) is 0 Å². The maximum absolute atomic E-state index is 5.80. The van der Waals surface area contributed by atoms with Crippen LogP contribution >= 0.6 is 0 Å². The predicted molar refractivity (Wildman–Crippen MR) is 48.6 cm³/mol. The summed E-state index contributed by atoms with van der Waals surface area (Å²) in [5, 5.41) is 0. The van der Waals surface area contributed by atoms with E-state index in [2.05, 4.69) is 0 Å². The molecule has 0 aromatic carbocycles.